The van der Waals surface area contributed by atoms with Gasteiger partial charge < -0.3 is 10.1 Å². The first-order chi connectivity index (χ1) is 10.1. The van der Waals surface area contributed by atoms with Gasteiger partial charge in [-0.1, -0.05) is 13.0 Å². The molecule has 112 valence electrons. The van der Waals surface area contributed by atoms with Crippen molar-refractivity contribution in [2.75, 3.05) is 6.54 Å². The molecule has 2 aromatic rings. The van der Waals surface area contributed by atoms with Gasteiger partial charge >= 0.3 is 0 Å². The van der Waals surface area contributed by atoms with Gasteiger partial charge in [-0.3, -0.25) is 4.98 Å². The zero-order valence-corrected chi connectivity index (χ0v) is 12.7. The topological polar surface area (TPSA) is 34.2 Å². The molecule has 0 aliphatic heterocycles. The highest BCUT2D eigenvalue weighted by atomic mass is 19.1. The van der Waals surface area contributed by atoms with Crippen LogP contribution in [0.1, 0.15) is 26.3 Å². The molecule has 0 unspecified atom stereocenters. The van der Waals surface area contributed by atoms with Crippen LogP contribution >= 0.6 is 0 Å². The number of ether oxygens (including phenoxy) is 1. The van der Waals surface area contributed by atoms with Crippen molar-refractivity contribution in [2.45, 2.75) is 33.4 Å². The Morgan fingerprint density at radius 2 is 2.05 bits per heavy atom. The van der Waals surface area contributed by atoms with Crippen LogP contribution < -0.4 is 10.1 Å². The number of benzene rings is 1. The molecule has 2 rings (SSSR count). The van der Waals surface area contributed by atoms with Crippen LogP contribution in [0.5, 0.6) is 5.75 Å². The van der Waals surface area contributed by atoms with Crippen molar-refractivity contribution in [3.8, 4) is 16.9 Å². The van der Waals surface area contributed by atoms with Gasteiger partial charge in [0.25, 0.3) is 0 Å². The third-order valence-electron chi connectivity index (χ3n) is 3.01. The minimum absolute atomic E-state index is 0.0620. The van der Waals surface area contributed by atoms with Gasteiger partial charge in [0.2, 0.25) is 0 Å². The van der Waals surface area contributed by atoms with Crippen LogP contribution in [0.4, 0.5) is 4.39 Å². The van der Waals surface area contributed by atoms with Gasteiger partial charge in [-0.15, -0.1) is 0 Å². The standard InChI is InChI=1S/C17H21FN2O/c1-4-19-9-13-5-6-17(18)16(7-13)14-8-15(11-20-10-14)21-12(2)3/h5-8,10-12,19H,4,9H2,1-3H3. The molecule has 21 heavy (non-hydrogen) atoms. The first-order valence-electron chi connectivity index (χ1n) is 7.21. The Bertz CT molecular complexity index is 599. The van der Waals surface area contributed by atoms with Crippen molar-refractivity contribution >= 4 is 0 Å². The maximum Gasteiger partial charge on any atom is 0.138 e. The summed E-state index contributed by atoms with van der Waals surface area (Å²) in [5.41, 5.74) is 2.32. The summed E-state index contributed by atoms with van der Waals surface area (Å²) in [7, 11) is 0. The molecule has 4 heteroatoms. The Morgan fingerprint density at radius 3 is 2.76 bits per heavy atom. The summed E-state index contributed by atoms with van der Waals surface area (Å²) in [4.78, 5) is 4.14. The number of hydrogen-bond acceptors (Lipinski definition) is 3. The quantitative estimate of drug-likeness (QED) is 0.878. The van der Waals surface area contributed by atoms with E-state index in [0.717, 1.165) is 24.2 Å². The predicted octanol–water partition coefficient (Wildman–Crippen LogP) is 3.78. The fraction of sp³-hybridized carbons (Fsp3) is 0.353. The van der Waals surface area contributed by atoms with Gasteiger partial charge in [0, 0.05) is 23.9 Å². The second kappa shape index (κ2) is 7.18. The van der Waals surface area contributed by atoms with Crippen LogP contribution in [0.3, 0.4) is 0 Å². The lowest BCUT2D eigenvalue weighted by atomic mass is 10.0. The van der Waals surface area contributed by atoms with E-state index in [-0.39, 0.29) is 11.9 Å². The summed E-state index contributed by atoms with van der Waals surface area (Å²) >= 11 is 0. The smallest absolute Gasteiger partial charge is 0.138 e. The normalized spacial score (nSPS) is 10.9. The summed E-state index contributed by atoms with van der Waals surface area (Å²) in [6.45, 7) is 7.54. The zero-order chi connectivity index (χ0) is 15.2. The van der Waals surface area contributed by atoms with Crippen molar-refractivity contribution < 1.29 is 9.13 Å². The van der Waals surface area contributed by atoms with E-state index in [2.05, 4.69) is 10.3 Å². The molecule has 0 spiro atoms. The largest absolute Gasteiger partial charge is 0.489 e. The van der Waals surface area contributed by atoms with E-state index >= 15 is 0 Å². The SMILES string of the molecule is CCNCc1ccc(F)c(-c2cncc(OC(C)C)c2)c1. The van der Waals surface area contributed by atoms with Gasteiger partial charge in [-0.05, 0) is 44.2 Å². The second-order valence-electron chi connectivity index (χ2n) is 5.17. The number of aromatic nitrogens is 1. The van der Waals surface area contributed by atoms with Gasteiger partial charge in [-0.2, -0.15) is 0 Å². The lowest BCUT2D eigenvalue weighted by molar-refractivity contribution is 0.241. The molecule has 3 nitrogen and oxygen atoms in total. The van der Waals surface area contributed by atoms with Crippen LogP contribution in [-0.4, -0.2) is 17.6 Å². The first kappa shape index (κ1) is 15.4. The Balaban J connectivity index is 2.31. The minimum atomic E-state index is -0.251. The molecule has 0 aliphatic carbocycles. The van der Waals surface area contributed by atoms with Crippen LogP contribution in [0.25, 0.3) is 11.1 Å². The summed E-state index contributed by atoms with van der Waals surface area (Å²) < 4.78 is 19.7. The average molecular weight is 288 g/mol. The number of nitrogens with one attached hydrogen (secondary N) is 1. The lowest BCUT2D eigenvalue weighted by Gasteiger charge is -2.11. The van der Waals surface area contributed by atoms with Crippen molar-refractivity contribution in [3.05, 3.63) is 48.0 Å². The van der Waals surface area contributed by atoms with Crippen molar-refractivity contribution in [1.29, 1.82) is 0 Å². The molecule has 0 amide bonds. The number of nitrogens with zero attached hydrogens (tertiary/aromatic N) is 1. The van der Waals surface area contributed by atoms with Crippen molar-refractivity contribution in [2.24, 2.45) is 0 Å². The van der Waals surface area contributed by atoms with E-state index in [4.69, 9.17) is 4.74 Å². The summed E-state index contributed by atoms with van der Waals surface area (Å²) in [5.74, 6) is 0.401. The Morgan fingerprint density at radius 1 is 1.24 bits per heavy atom. The van der Waals surface area contributed by atoms with E-state index in [0.29, 0.717) is 11.3 Å². The summed E-state index contributed by atoms with van der Waals surface area (Å²) in [5, 5.41) is 3.24. The average Bonchev–Trinajstić information content (AvgIpc) is 2.46. The highest BCUT2D eigenvalue weighted by Gasteiger charge is 2.09. The molecular formula is C17H21FN2O. The lowest BCUT2D eigenvalue weighted by Crippen LogP contribution is -2.11. The van der Waals surface area contributed by atoms with E-state index in [9.17, 15) is 4.39 Å². The minimum Gasteiger partial charge on any atom is -0.489 e. The monoisotopic (exact) mass is 288 g/mol. The predicted molar refractivity (Wildman–Crippen MR) is 82.8 cm³/mol. The Kier molecular flexibility index (Phi) is 5.28. The number of rotatable bonds is 6. The molecule has 0 atom stereocenters. The van der Waals surface area contributed by atoms with Crippen LogP contribution in [0.15, 0.2) is 36.7 Å². The molecular weight excluding hydrogens is 267 g/mol. The molecule has 0 saturated heterocycles. The molecule has 1 N–H and O–H groups in total. The Labute approximate surface area is 125 Å². The van der Waals surface area contributed by atoms with E-state index < -0.39 is 0 Å². The van der Waals surface area contributed by atoms with Gasteiger partial charge in [0.05, 0.1) is 12.3 Å². The van der Waals surface area contributed by atoms with Crippen LogP contribution in [-0.2, 0) is 6.54 Å². The fourth-order valence-corrected chi connectivity index (χ4v) is 2.08. The highest BCUT2D eigenvalue weighted by molar-refractivity contribution is 5.65. The fourth-order valence-electron chi connectivity index (χ4n) is 2.08. The van der Waals surface area contributed by atoms with Gasteiger partial charge in [0.1, 0.15) is 11.6 Å². The number of pyridine rings is 1. The molecule has 0 saturated carbocycles. The summed E-state index contributed by atoms with van der Waals surface area (Å²) in [6, 6.07) is 6.97. The molecule has 1 aromatic carbocycles. The molecule has 0 aliphatic rings. The molecule has 0 fully saturated rings. The first-order valence-corrected chi connectivity index (χ1v) is 7.21. The van der Waals surface area contributed by atoms with E-state index in [1.165, 1.54) is 6.07 Å². The molecule has 0 bridgehead atoms. The maximum absolute atomic E-state index is 14.1. The van der Waals surface area contributed by atoms with Crippen LogP contribution in [0.2, 0.25) is 0 Å². The number of halogens is 1. The van der Waals surface area contributed by atoms with E-state index in [1.54, 1.807) is 18.5 Å². The molecule has 0 radical (unpaired) electrons. The number of hydrogen-bond donors (Lipinski definition) is 1. The maximum atomic E-state index is 14.1. The van der Waals surface area contributed by atoms with Crippen molar-refractivity contribution in [1.82, 2.24) is 10.3 Å². The summed E-state index contributed by atoms with van der Waals surface area (Å²) in [6.07, 6.45) is 3.36. The van der Waals surface area contributed by atoms with E-state index in [1.807, 2.05) is 32.9 Å². The van der Waals surface area contributed by atoms with Crippen LogP contribution in [0, 0.1) is 5.82 Å². The van der Waals surface area contributed by atoms with Gasteiger partial charge in [-0.25, -0.2) is 4.39 Å². The highest BCUT2D eigenvalue weighted by Crippen LogP contribution is 2.26. The second-order valence-corrected chi connectivity index (χ2v) is 5.17. The third kappa shape index (κ3) is 4.26. The third-order valence-corrected chi connectivity index (χ3v) is 3.01. The molecule has 1 aromatic heterocycles. The van der Waals surface area contributed by atoms with Crippen molar-refractivity contribution in [3.63, 3.8) is 0 Å². The zero-order valence-electron chi connectivity index (χ0n) is 12.7. The molecule has 1 heterocycles. The van der Waals surface area contributed by atoms with Gasteiger partial charge in [0.15, 0.2) is 0 Å². The Hall–Kier alpha value is -1.94.